The van der Waals surface area contributed by atoms with Gasteiger partial charge >= 0.3 is 5.97 Å². The lowest BCUT2D eigenvalue weighted by atomic mass is 9.92. The van der Waals surface area contributed by atoms with Crippen LogP contribution in [0.5, 0.6) is 11.5 Å². The van der Waals surface area contributed by atoms with Gasteiger partial charge in [0, 0.05) is 12.5 Å². The zero-order chi connectivity index (χ0) is 24.7. The van der Waals surface area contributed by atoms with Crippen molar-refractivity contribution in [3.8, 4) is 11.5 Å². The van der Waals surface area contributed by atoms with Crippen LogP contribution in [-0.4, -0.2) is 93.9 Å². The number of rotatable bonds is 8. The summed E-state index contributed by atoms with van der Waals surface area (Å²) in [6, 6.07) is 0.354. The maximum absolute atomic E-state index is 12.5. The van der Waals surface area contributed by atoms with Crippen molar-refractivity contribution in [3.05, 3.63) is 22.7 Å². The molecule has 0 spiro atoms. The average molecular weight is 504 g/mol. The van der Waals surface area contributed by atoms with E-state index in [1.54, 1.807) is 6.92 Å². The molecule has 12 nitrogen and oxygen atoms in total. The molecule has 0 saturated carbocycles. The monoisotopic (exact) mass is 503 g/mol. The Balaban J connectivity index is 1.65. The SMILES string of the molecule is C[C@@H]1CC(=O)N1[C@@H](C(=O)O)[C@](C)(/C=N/OC1CN(C(=O)c2ccc(O)c(O)c2Cl)C1)S(=O)O. The molecule has 1 aromatic rings. The molecule has 2 fully saturated rings. The fourth-order valence-electron chi connectivity index (χ4n) is 3.62. The van der Waals surface area contributed by atoms with E-state index in [2.05, 4.69) is 5.16 Å². The van der Waals surface area contributed by atoms with Gasteiger partial charge in [0.05, 0.1) is 29.9 Å². The van der Waals surface area contributed by atoms with Crippen molar-refractivity contribution in [2.75, 3.05) is 13.1 Å². The second-order valence-electron chi connectivity index (χ2n) is 7.99. The first-order chi connectivity index (χ1) is 15.4. The zero-order valence-corrected chi connectivity index (χ0v) is 19.1. The van der Waals surface area contributed by atoms with E-state index < -0.39 is 63.3 Å². The van der Waals surface area contributed by atoms with Gasteiger partial charge < -0.3 is 34.5 Å². The number of phenolic OH excluding ortho intramolecular Hbond substituents is 2. The van der Waals surface area contributed by atoms with Crippen molar-refractivity contribution in [2.24, 2.45) is 5.16 Å². The molecule has 0 bridgehead atoms. The number of benzene rings is 1. The lowest BCUT2D eigenvalue weighted by molar-refractivity contribution is -0.161. The summed E-state index contributed by atoms with van der Waals surface area (Å²) in [4.78, 5) is 43.8. The molecule has 2 saturated heterocycles. The van der Waals surface area contributed by atoms with Crippen molar-refractivity contribution >= 4 is 46.7 Å². The Morgan fingerprint density at radius 1 is 1.36 bits per heavy atom. The van der Waals surface area contributed by atoms with E-state index in [1.165, 1.54) is 17.9 Å². The van der Waals surface area contributed by atoms with Crippen LogP contribution < -0.4 is 0 Å². The Morgan fingerprint density at radius 2 is 2.00 bits per heavy atom. The highest BCUT2D eigenvalue weighted by Crippen LogP contribution is 2.36. The van der Waals surface area contributed by atoms with Crippen molar-refractivity contribution in [2.45, 2.75) is 43.2 Å². The van der Waals surface area contributed by atoms with Gasteiger partial charge in [-0.1, -0.05) is 16.8 Å². The molecular weight excluding hydrogens is 482 g/mol. The molecule has 4 N–H and O–H groups in total. The number of hydrogen-bond donors (Lipinski definition) is 4. The van der Waals surface area contributed by atoms with Crippen molar-refractivity contribution in [1.29, 1.82) is 0 Å². The van der Waals surface area contributed by atoms with Crippen molar-refractivity contribution in [3.63, 3.8) is 0 Å². The second-order valence-corrected chi connectivity index (χ2v) is 9.75. The molecule has 1 aromatic carbocycles. The minimum absolute atomic E-state index is 0.0187. The van der Waals surface area contributed by atoms with Crippen LogP contribution in [-0.2, 0) is 25.5 Å². The third kappa shape index (κ3) is 4.48. The van der Waals surface area contributed by atoms with Gasteiger partial charge in [-0.3, -0.25) is 9.59 Å². The molecule has 33 heavy (non-hydrogen) atoms. The van der Waals surface area contributed by atoms with Gasteiger partial charge in [-0.15, -0.1) is 0 Å². The number of carbonyl (C=O) groups is 3. The van der Waals surface area contributed by atoms with Crippen LogP contribution in [0.1, 0.15) is 30.6 Å². The number of carboxylic acids is 1. The van der Waals surface area contributed by atoms with Crippen LogP contribution in [0.4, 0.5) is 0 Å². The quantitative estimate of drug-likeness (QED) is 0.130. The van der Waals surface area contributed by atoms with E-state index in [-0.39, 0.29) is 30.1 Å². The van der Waals surface area contributed by atoms with E-state index in [0.717, 1.165) is 17.2 Å². The number of amides is 2. The van der Waals surface area contributed by atoms with Crippen LogP contribution in [0.25, 0.3) is 0 Å². The summed E-state index contributed by atoms with van der Waals surface area (Å²) in [5.74, 6) is -3.50. The number of β-lactam (4-membered cyclic amide) rings is 1. The predicted octanol–water partition coefficient (Wildman–Crippen LogP) is 0.632. The van der Waals surface area contributed by atoms with Gasteiger partial charge in [-0.25, -0.2) is 9.00 Å². The summed E-state index contributed by atoms with van der Waals surface area (Å²) in [5.41, 5.74) is -0.0187. The maximum atomic E-state index is 12.5. The van der Waals surface area contributed by atoms with E-state index in [4.69, 9.17) is 16.4 Å². The highest BCUT2D eigenvalue weighted by atomic mass is 35.5. The third-order valence-electron chi connectivity index (χ3n) is 5.64. The summed E-state index contributed by atoms with van der Waals surface area (Å²) in [6.07, 6.45) is 0.443. The Labute approximate surface area is 195 Å². The van der Waals surface area contributed by atoms with Gasteiger partial charge in [0.15, 0.2) is 34.7 Å². The molecule has 4 atom stereocenters. The van der Waals surface area contributed by atoms with E-state index in [1.807, 2.05) is 0 Å². The first-order valence-corrected chi connectivity index (χ1v) is 11.2. The van der Waals surface area contributed by atoms with Crippen LogP contribution in [0.15, 0.2) is 17.3 Å². The minimum Gasteiger partial charge on any atom is -0.504 e. The number of halogens is 1. The molecule has 3 rings (SSSR count). The normalized spacial score (nSPS) is 22.3. The van der Waals surface area contributed by atoms with Crippen molar-refractivity contribution in [1.82, 2.24) is 9.80 Å². The van der Waals surface area contributed by atoms with Gasteiger partial charge in [0.2, 0.25) is 5.91 Å². The number of phenols is 2. The first kappa shape index (κ1) is 24.7. The van der Waals surface area contributed by atoms with E-state index >= 15 is 0 Å². The summed E-state index contributed by atoms with van der Waals surface area (Å²) in [6.45, 7) is 2.98. The van der Waals surface area contributed by atoms with Gasteiger partial charge in [0.25, 0.3) is 5.91 Å². The number of likely N-dealkylation sites (tertiary alicyclic amines) is 2. The Morgan fingerprint density at radius 3 is 2.52 bits per heavy atom. The summed E-state index contributed by atoms with van der Waals surface area (Å²) in [5, 5.41) is 32.1. The first-order valence-electron chi connectivity index (χ1n) is 9.73. The number of aromatic hydroxyl groups is 2. The van der Waals surface area contributed by atoms with Gasteiger partial charge in [-0.05, 0) is 26.0 Å². The number of carbonyl (C=O) groups excluding carboxylic acids is 2. The number of hydrogen-bond acceptors (Lipinski definition) is 8. The minimum atomic E-state index is -2.71. The van der Waals surface area contributed by atoms with Crippen LogP contribution >= 0.6 is 11.6 Å². The molecule has 0 radical (unpaired) electrons. The average Bonchev–Trinajstić information content (AvgIpc) is 2.71. The molecule has 2 amide bonds. The zero-order valence-electron chi connectivity index (χ0n) is 17.5. The fourth-order valence-corrected chi connectivity index (χ4v) is 4.40. The van der Waals surface area contributed by atoms with Gasteiger partial charge in [0.1, 0.15) is 4.75 Å². The summed E-state index contributed by atoms with van der Waals surface area (Å²) in [7, 11) is 0. The molecule has 14 heteroatoms. The number of oxime groups is 1. The molecule has 2 aliphatic heterocycles. The predicted molar refractivity (Wildman–Crippen MR) is 116 cm³/mol. The highest BCUT2D eigenvalue weighted by Gasteiger charge is 2.53. The third-order valence-corrected chi connectivity index (χ3v) is 7.11. The molecule has 2 aliphatic rings. The number of aliphatic carboxylic acids is 1. The maximum Gasteiger partial charge on any atom is 0.328 e. The Kier molecular flexibility index (Phi) is 6.86. The van der Waals surface area contributed by atoms with Crippen LogP contribution in [0.3, 0.4) is 0 Å². The second kappa shape index (κ2) is 9.15. The lowest BCUT2D eigenvalue weighted by Crippen LogP contribution is -2.67. The summed E-state index contributed by atoms with van der Waals surface area (Å²) >= 11 is 3.19. The Hall–Kier alpha value is -2.90. The van der Waals surface area contributed by atoms with E-state index in [0.29, 0.717) is 0 Å². The van der Waals surface area contributed by atoms with E-state index in [9.17, 15) is 38.5 Å². The summed E-state index contributed by atoms with van der Waals surface area (Å²) < 4.78 is 19.9. The molecule has 180 valence electrons. The fraction of sp³-hybridized carbons (Fsp3) is 0.474. The standard InChI is InChI=1S/C19H22ClN3O9S/c1-9-5-13(25)23(9)16(18(28)29)19(2,33(30)31)8-21-32-10-6-22(7-10)17(27)11-3-4-12(24)15(26)14(11)20/h3-4,8-10,16,24,26H,5-7H2,1-2H3,(H,28,29)(H,30,31)/b21-8+/t9-,16+,19+/m1/s1. The highest BCUT2D eigenvalue weighted by molar-refractivity contribution is 7.81. The number of carboxylic acid groups (broad SMARTS) is 1. The molecular formula is C19H22ClN3O9S. The van der Waals surface area contributed by atoms with Crippen LogP contribution in [0.2, 0.25) is 5.02 Å². The van der Waals surface area contributed by atoms with Crippen LogP contribution in [0, 0.1) is 0 Å². The molecule has 2 heterocycles. The van der Waals surface area contributed by atoms with Gasteiger partial charge in [-0.2, -0.15) is 0 Å². The largest absolute Gasteiger partial charge is 0.504 e. The topological polar surface area (TPSA) is 177 Å². The molecule has 0 aliphatic carbocycles. The molecule has 0 aromatic heterocycles. The Bertz CT molecular complexity index is 1050. The number of nitrogens with zero attached hydrogens (tertiary/aromatic N) is 3. The molecule has 1 unspecified atom stereocenters. The lowest BCUT2D eigenvalue weighted by Gasteiger charge is -2.46. The smallest absolute Gasteiger partial charge is 0.328 e. The van der Waals surface area contributed by atoms with Crippen molar-refractivity contribution < 1.29 is 43.3 Å².